The quantitative estimate of drug-likeness (QED) is 0.475. The number of amides is 3. The number of hydrogen-bond acceptors (Lipinski definition) is 6. The van der Waals surface area contributed by atoms with Crippen LogP contribution in [0.25, 0.3) is 10.4 Å². The first-order valence-electron chi connectivity index (χ1n) is 12.1. The molecule has 1 aliphatic heterocycles. The van der Waals surface area contributed by atoms with Crippen molar-refractivity contribution in [2.75, 3.05) is 19.0 Å². The number of hydrogen-bond donors (Lipinski definition) is 2. The third-order valence-corrected chi connectivity index (χ3v) is 7.29. The van der Waals surface area contributed by atoms with E-state index in [2.05, 4.69) is 15.6 Å². The summed E-state index contributed by atoms with van der Waals surface area (Å²) >= 11 is 7.41. The number of aromatic nitrogens is 1. The molecule has 1 aliphatic rings. The molecule has 0 bridgehead atoms. The van der Waals surface area contributed by atoms with Gasteiger partial charge in [0.2, 0.25) is 17.7 Å². The van der Waals surface area contributed by atoms with E-state index in [1.54, 1.807) is 16.2 Å². The van der Waals surface area contributed by atoms with Gasteiger partial charge < -0.3 is 20.3 Å². The number of likely N-dealkylation sites (tertiary alicyclic amines) is 1. The second kappa shape index (κ2) is 12.1. The molecule has 10 heteroatoms. The Kier molecular flexibility index (Phi) is 9.35. The van der Waals surface area contributed by atoms with Crippen LogP contribution in [0.4, 0.5) is 0 Å². The summed E-state index contributed by atoms with van der Waals surface area (Å²) in [4.78, 5) is 45.3. The van der Waals surface area contributed by atoms with Crippen molar-refractivity contribution in [1.29, 1.82) is 0 Å². The van der Waals surface area contributed by atoms with Crippen LogP contribution in [0.5, 0.6) is 5.75 Å². The van der Waals surface area contributed by atoms with Crippen molar-refractivity contribution in [2.45, 2.75) is 66.1 Å². The Morgan fingerprint density at radius 1 is 1.31 bits per heavy atom. The Morgan fingerprint density at radius 2 is 2.06 bits per heavy atom. The average molecular weight is 535 g/mol. The van der Waals surface area contributed by atoms with Gasteiger partial charge in [-0.1, -0.05) is 32.9 Å². The Bertz CT molecular complexity index is 1100. The van der Waals surface area contributed by atoms with E-state index >= 15 is 0 Å². The van der Waals surface area contributed by atoms with Gasteiger partial charge in [0.25, 0.3) is 0 Å². The van der Waals surface area contributed by atoms with Gasteiger partial charge in [-0.15, -0.1) is 22.9 Å². The number of nitrogens with one attached hydrogen (secondary N) is 2. The normalized spacial score (nSPS) is 16.5. The molecule has 1 fully saturated rings. The summed E-state index contributed by atoms with van der Waals surface area (Å²) < 4.78 is 5.88. The number of nitrogens with zero attached hydrogens (tertiary/aromatic N) is 2. The van der Waals surface area contributed by atoms with Gasteiger partial charge in [0.1, 0.15) is 24.4 Å². The molecule has 1 aromatic heterocycles. The van der Waals surface area contributed by atoms with Crippen molar-refractivity contribution in [3.8, 4) is 16.2 Å². The highest BCUT2D eigenvalue weighted by molar-refractivity contribution is 7.13. The van der Waals surface area contributed by atoms with Crippen LogP contribution < -0.4 is 15.4 Å². The second-order valence-corrected chi connectivity index (χ2v) is 11.3. The maximum Gasteiger partial charge on any atom is 0.246 e. The van der Waals surface area contributed by atoms with Crippen molar-refractivity contribution < 1.29 is 19.1 Å². The molecule has 3 rings (SSSR count). The molecule has 2 heterocycles. The SMILES string of the molecule is CC(=O)NC(C(=O)N1CCC[C@H]1C(=O)NCc1ccc(-c2scnc2C)cc1OCCCl)C(C)(C)C. The van der Waals surface area contributed by atoms with Gasteiger partial charge in [0.15, 0.2) is 0 Å². The molecule has 0 saturated carbocycles. The average Bonchev–Trinajstić information content (AvgIpc) is 3.48. The van der Waals surface area contributed by atoms with Crippen LogP contribution in [0.3, 0.4) is 0 Å². The fourth-order valence-electron chi connectivity index (χ4n) is 4.32. The van der Waals surface area contributed by atoms with Gasteiger partial charge in [0.05, 0.1) is 22.0 Å². The number of alkyl halides is 1. The summed E-state index contributed by atoms with van der Waals surface area (Å²) in [6.45, 7) is 10.1. The summed E-state index contributed by atoms with van der Waals surface area (Å²) in [6.07, 6.45) is 1.31. The minimum absolute atomic E-state index is 0.220. The van der Waals surface area contributed by atoms with Gasteiger partial charge in [-0.3, -0.25) is 14.4 Å². The van der Waals surface area contributed by atoms with Crippen molar-refractivity contribution in [1.82, 2.24) is 20.5 Å². The molecule has 2 N–H and O–H groups in total. The number of benzene rings is 1. The van der Waals surface area contributed by atoms with Crippen LogP contribution in [0, 0.1) is 12.3 Å². The van der Waals surface area contributed by atoms with Crippen LogP contribution in [0.15, 0.2) is 23.7 Å². The van der Waals surface area contributed by atoms with E-state index in [1.807, 2.05) is 51.4 Å². The van der Waals surface area contributed by atoms with Crippen LogP contribution in [0.2, 0.25) is 0 Å². The van der Waals surface area contributed by atoms with E-state index < -0.39 is 17.5 Å². The second-order valence-electron chi connectivity index (χ2n) is 10.0. The lowest BCUT2D eigenvalue weighted by atomic mass is 9.85. The standard InChI is InChI=1S/C26H35ClN4O4S/c1-16-22(36-15-29-16)18-8-9-19(21(13-18)35-12-10-27)14-28-24(33)20-7-6-11-31(20)25(34)23(26(3,4)5)30-17(2)32/h8-9,13,15,20,23H,6-7,10-12,14H2,1-5H3,(H,28,33)(H,30,32)/t20-,23?/m0/s1. The zero-order valence-corrected chi connectivity index (χ0v) is 23.1. The summed E-state index contributed by atoms with van der Waals surface area (Å²) in [5.74, 6) is 0.273. The molecule has 0 spiro atoms. The molecule has 3 amide bonds. The van der Waals surface area contributed by atoms with Gasteiger partial charge in [-0.25, -0.2) is 4.98 Å². The first-order valence-corrected chi connectivity index (χ1v) is 13.5. The predicted molar refractivity (Wildman–Crippen MR) is 142 cm³/mol. The minimum Gasteiger partial charge on any atom is -0.492 e. The molecule has 1 aromatic carbocycles. The lowest BCUT2D eigenvalue weighted by molar-refractivity contribution is -0.143. The van der Waals surface area contributed by atoms with Crippen molar-refractivity contribution in [3.63, 3.8) is 0 Å². The monoisotopic (exact) mass is 534 g/mol. The number of ether oxygens (including phenoxy) is 1. The molecule has 1 unspecified atom stereocenters. The van der Waals surface area contributed by atoms with Gasteiger partial charge in [-0.2, -0.15) is 0 Å². The van der Waals surface area contributed by atoms with E-state index in [1.165, 1.54) is 6.92 Å². The van der Waals surface area contributed by atoms with E-state index in [9.17, 15) is 14.4 Å². The Balaban J connectivity index is 1.74. The van der Waals surface area contributed by atoms with Crippen LogP contribution in [-0.4, -0.2) is 58.7 Å². The molecular weight excluding hydrogens is 500 g/mol. The molecular formula is C26H35ClN4O4S. The van der Waals surface area contributed by atoms with Crippen LogP contribution >= 0.6 is 22.9 Å². The van der Waals surface area contributed by atoms with Crippen molar-refractivity contribution in [2.24, 2.45) is 5.41 Å². The Labute approximate surface area is 221 Å². The van der Waals surface area contributed by atoms with E-state index in [0.717, 1.165) is 28.1 Å². The zero-order valence-electron chi connectivity index (χ0n) is 21.5. The third kappa shape index (κ3) is 6.76. The Hall–Kier alpha value is -2.65. The number of aryl methyl sites for hydroxylation is 1. The topological polar surface area (TPSA) is 101 Å². The number of carbonyl (C=O) groups is 3. The summed E-state index contributed by atoms with van der Waals surface area (Å²) in [7, 11) is 0. The smallest absolute Gasteiger partial charge is 0.246 e. The molecule has 36 heavy (non-hydrogen) atoms. The van der Waals surface area contributed by atoms with Gasteiger partial charge in [0, 0.05) is 25.6 Å². The fraction of sp³-hybridized carbons (Fsp3) is 0.538. The zero-order chi connectivity index (χ0) is 26.5. The minimum atomic E-state index is -0.707. The van der Waals surface area contributed by atoms with Crippen LogP contribution in [-0.2, 0) is 20.9 Å². The van der Waals surface area contributed by atoms with Crippen LogP contribution in [0.1, 0.15) is 51.8 Å². The molecule has 0 aliphatic carbocycles. The van der Waals surface area contributed by atoms with Crippen molar-refractivity contribution >= 4 is 40.7 Å². The fourth-order valence-corrected chi connectivity index (χ4v) is 5.20. The maximum atomic E-state index is 13.4. The third-order valence-electron chi connectivity index (χ3n) is 6.16. The predicted octanol–water partition coefficient (Wildman–Crippen LogP) is 3.89. The maximum absolute atomic E-state index is 13.4. The first-order chi connectivity index (χ1) is 17.0. The lowest BCUT2D eigenvalue weighted by Gasteiger charge is -2.35. The highest BCUT2D eigenvalue weighted by Gasteiger charge is 2.41. The molecule has 196 valence electrons. The molecule has 8 nitrogen and oxygen atoms in total. The van der Waals surface area contributed by atoms with Gasteiger partial charge >= 0.3 is 0 Å². The van der Waals surface area contributed by atoms with E-state index in [0.29, 0.717) is 31.2 Å². The van der Waals surface area contributed by atoms with Crippen molar-refractivity contribution in [3.05, 3.63) is 35.0 Å². The molecule has 1 saturated heterocycles. The summed E-state index contributed by atoms with van der Waals surface area (Å²) in [5, 5.41) is 5.75. The molecule has 2 aromatic rings. The lowest BCUT2D eigenvalue weighted by Crippen LogP contribution is -2.57. The largest absolute Gasteiger partial charge is 0.492 e. The number of thiazole rings is 1. The Morgan fingerprint density at radius 3 is 2.67 bits per heavy atom. The number of halogens is 1. The summed E-state index contributed by atoms with van der Waals surface area (Å²) in [5.41, 5.74) is 4.08. The van der Waals surface area contributed by atoms with E-state index in [4.69, 9.17) is 16.3 Å². The number of rotatable bonds is 9. The highest BCUT2D eigenvalue weighted by atomic mass is 35.5. The highest BCUT2D eigenvalue weighted by Crippen LogP contribution is 2.32. The van der Waals surface area contributed by atoms with Gasteiger partial charge in [-0.05, 0) is 36.8 Å². The molecule has 0 radical (unpaired) electrons. The van der Waals surface area contributed by atoms with E-state index in [-0.39, 0.29) is 24.3 Å². The number of carbonyl (C=O) groups excluding carboxylic acids is 3. The first kappa shape index (κ1) is 27.9. The molecule has 2 atom stereocenters. The summed E-state index contributed by atoms with van der Waals surface area (Å²) in [6, 6.07) is 4.58.